The van der Waals surface area contributed by atoms with Crippen LogP contribution >= 0.6 is 46.9 Å². The van der Waals surface area contributed by atoms with E-state index in [4.69, 9.17) is 16.3 Å². The largest absolute Gasteiger partial charge is 0.373 e. The second kappa shape index (κ2) is 10.9. The highest BCUT2D eigenvalue weighted by atomic mass is 127. The number of thiophene rings is 1. The number of guanidine groups is 1. The topological polar surface area (TPSA) is 40.1 Å². The maximum absolute atomic E-state index is 6.09. The highest BCUT2D eigenvalue weighted by molar-refractivity contribution is 14.0. The van der Waals surface area contributed by atoms with Crippen LogP contribution in [0, 0.1) is 0 Å². The van der Waals surface area contributed by atoms with Gasteiger partial charge in [0, 0.05) is 44.6 Å². The van der Waals surface area contributed by atoms with E-state index >= 15 is 0 Å². The molecule has 3 heterocycles. The third-order valence-electron chi connectivity index (χ3n) is 5.44. The predicted molar refractivity (Wildman–Crippen MR) is 132 cm³/mol. The molecule has 0 saturated carbocycles. The number of ether oxygens (including phenoxy) is 1. The zero-order valence-electron chi connectivity index (χ0n) is 16.6. The zero-order chi connectivity index (χ0) is 19.3. The van der Waals surface area contributed by atoms with Crippen molar-refractivity contribution in [1.29, 1.82) is 0 Å². The van der Waals surface area contributed by atoms with Crippen molar-refractivity contribution >= 4 is 52.9 Å². The summed E-state index contributed by atoms with van der Waals surface area (Å²) in [6.07, 6.45) is 1.19. The molecule has 2 fully saturated rings. The van der Waals surface area contributed by atoms with Crippen LogP contribution < -0.4 is 5.32 Å². The van der Waals surface area contributed by atoms with E-state index < -0.39 is 0 Å². The fraction of sp³-hybridized carbons (Fsp3) is 0.476. The summed E-state index contributed by atoms with van der Waals surface area (Å²) < 4.78 is 6.94. The standard InChI is InChI=1S/C21H27ClN4OS.HI/c1-23-21(24-10-9-17-7-8-20(22)28-17)26-14-18-19(15-26)27-12-11-25(18)13-16-5-3-2-4-6-16;/h2-8,18-19H,9-15H2,1H3,(H,23,24);1H. The van der Waals surface area contributed by atoms with Crippen molar-refractivity contribution in [3.63, 3.8) is 0 Å². The van der Waals surface area contributed by atoms with Gasteiger partial charge in [0.15, 0.2) is 5.96 Å². The summed E-state index contributed by atoms with van der Waals surface area (Å²) in [7, 11) is 1.86. The number of nitrogens with one attached hydrogen (secondary N) is 1. The van der Waals surface area contributed by atoms with Crippen LogP contribution in [-0.4, -0.2) is 67.7 Å². The lowest BCUT2D eigenvalue weighted by Gasteiger charge is -2.36. The van der Waals surface area contributed by atoms with Gasteiger partial charge in [-0.1, -0.05) is 41.9 Å². The Balaban J connectivity index is 0.00000240. The van der Waals surface area contributed by atoms with Crippen molar-refractivity contribution in [3.05, 3.63) is 57.2 Å². The van der Waals surface area contributed by atoms with Crippen LogP contribution in [0.15, 0.2) is 47.5 Å². The molecule has 2 unspecified atom stereocenters. The van der Waals surface area contributed by atoms with Crippen LogP contribution in [-0.2, 0) is 17.7 Å². The Bertz CT molecular complexity index is 803. The molecule has 2 saturated heterocycles. The van der Waals surface area contributed by atoms with E-state index in [2.05, 4.69) is 56.5 Å². The first-order valence-electron chi connectivity index (χ1n) is 9.82. The molecule has 29 heavy (non-hydrogen) atoms. The number of morpholine rings is 1. The first-order chi connectivity index (χ1) is 13.7. The van der Waals surface area contributed by atoms with Crippen LogP contribution in [0.25, 0.3) is 0 Å². The van der Waals surface area contributed by atoms with Crippen LogP contribution in [0.5, 0.6) is 0 Å². The van der Waals surface area contributed by atoms with E-state index in [0.717, 1.165) is 56.0 Å². The first kappa shape index (κ1) is 22.8. The molecule has 2 atom stereocenters. The average Bonchev–Trinajstić information content (AvgIpc) is 3.33. The van der Waals surface area contributed by atoms with Gasteiger partial charge in [-0.05, 0) is 24.1 Å². The smallest absolute Gasteiger partial charge is 0.193 e. The number of aliphatic imine (C=N–C) groups is 1. The quantitative estimate of drug-likeness (QED) is 0.353. The number of benzene rings is 1. The summed E-state index contributed by atoms with van der Waals surface area (Å²) in [5, 5.41) is 3.51. The second-order valence-corrected chi connectivity index (χ2v) is 9.07. The minimum absolute atomic E-state index is 0. The van der Waals surface area contributed by atoms with E-state index in [1.54, 1.807) is 11.3 Å². The molecule has 4 rings (SSSR count). The van der Waals surface area contributed by atoms with Crippen molar-refractivity contribution in [2.45, 2.75) is 25.1 Å². The molecular weight excluding hydrogens is 519 g/mol. The van der Waals surface area contributed by atoms with E-state index in [9.17, 15) is 0 Å². The van der Waals surface area contributed by atoms with Gasteiger partial charge in [0.1, 0.15) is 0 Å². The molecule has 2 aliphatic rings. The zero-order valence-corrected chi connectivity index (χ0v) is 20.5. The fourth-order valence-electron chi connectivity index (χ4n) is 4.06. The average molecular weight is 547 g/mol. The Morgan fingerprint density at radius 1 is 1.24 bits per heavy atom. The van der Waals surface area contributed by atoms with Crippen molar-refractivity contribution < 1.29 is 4.74 Å². The van der Waals surface area contributed by atoms with E-state index in [-0.39, 0.29) is 30.1 Å². The normalized spacial score (nSPS) is 22.3. The Morgan fingerprint density at radius 2 is 2.07 bits per heavy atom. The number of hydrogen-bond donors (Lipinski definition) is 1. The number of nitrogens with zero attached hydrogens (tertiary/aromatic N) is 3. The lowest BCUT2D eigenvalue weighted by molar-refractivity contribution is -0.0502. The third kappa shape index (κ3) is 5.85. The number of fused-ring (bicyclic) bond motifs is 1. The van der Waals surface area contributed by atoms with Gasteiger partial charge in [-0.15, -0.1) is 35.3 Å². The van der Waals surface area contributed by atoms with Gasteiger partial charge in [0.05, 0.1) is 23.1 Å². The fourth-order valence-corrected chi connectivity index (χ4v) is 5.15. The minimum atomic E-state index is 0. The number of hydrogen-bond acceptors (Lipinski definition) is 4. The molecule has 0 aliphatic carbocycles. The van der Waals surface area contributed by atoms with Crippen molar-refractivity contribution in [2.24, 2.45) is 4.99 Å². The highest BCUT2D eigenvalue weighted by Gasteiger charge is 2.41. The van der Waals surface area contributed by atoms with E-state index in [1.807, 2.05) is 13.1 Å². The molecule has 0 bridgehead atoms. The van der Waals surface area contributed by atoms with Crippen LogP contribution in [0.3, 0.4) is 0 Å². The Labute approximate surface area is 199 Å². The summed E-state index contributed by atoms with van der Waals surface area (Å²) >= 11 is 7.66. The van der Waals surface area contributed by atoms with Gasteiger partial charge in [-0.25, -0.2) is 0 Å². The molecule has 2 aromatic rings. The molecule has 1 aromatic carbocycles. The molecule has 0 amide bonds. The molecule has 5 nitrogen and oxygen atoms in total. The van der Waals surface area contributed by atoms with E-state index in [1.165, 1.54) is 10.4 Å². The van der Waals surface area contributed by atoms with Crippen molar-refractivity contribution in [2.75, 3.05) is 39.8 Å². The molecule has 158 valence electrons. The number of likely N-dealkylation sites (tertiary alicyclic amines) is 1. The Kier molecular flexibility index (Phi) is 8.61. The minimum Gasteiger partial charge on any atom is -0.373 e. The van der Waals surface area contributed by atoms with Crippen LogP contribution in [0.2, 0.25) is 4.34 Å². The lowest BCUT2D eigenvalue weighted by Crippen LogP contribution is -2.50. The molecule has 0 spiro atoms. The number of halogens is 2. The maximum atomic E-state index is 6.09. The summed E-state index contributed by atoms with van der Waals surface area (Å²) in [6.45, 7) is 5.44. The summed E-state index contributed by atoms with van der Waals surface area (Å²) in [5.41, 5.74) is 1.36. The lowest BCUT2D eigenvalue weighted by atomic mass is 10.1. The highest BCUT2D eigenvalue weighted by Crippen LogP contribution is 2.25. The molecule has 2 aliphatic heterocycles. The molecule has 0 radical (unpaired) electrons. The van der Waals surface area contributed by atoms with Gasteiger partial charge in [0.25, 0.3) is 0 Å². The summed E-state index contributed by atoms with van der Waals surface area (Å²) in [6, 6.07) is 15.2. The van der Waals surface area contributed by atoms with Gasteiger partial charge in [-0.3, -0.25) is 9.89 Å². The van der Waals surface area contributed by atoms with Crippen LogP contribution in [0.1, 0.15) is 10.4 Å². The van der Waals surface area contributed by atoms with Gasteiger partial charge < -0.3 is 15.0 Å². The monoisotopic (exact) mass is 546 g/mol. The summed E-state index contributed by atoms with van der Waals surface area (Å²) in [4.78, 5) is 10.7. The Hall–Kier alpha value is -0.870. The predicted octanol–water partition coefficient (Wildman–Crippen LogP) is 3.72. The van der Waals surface area contributed by atoms with E-state index in [0.29, 0.717) is 6.04 Å². The van der Waals surface area contributed by atoms with Crippen molar-refractivity contribution in [3.8, 4) is 0 Å². The molecular formula is C21H28ClIN4OS. The summed E-state index contributed by atoms with van der Waals surface area (Å²) in [5.74, 6) is 0.959. The van der Waals surface area contributed by atoms with Gasteiger partial charge in [0.2, 0.25) is 0 Å². The van der Waals surface area contributed by atoms with Gasteiger partial charge >= 0.3 is 0 Å². The first-order valence-corrected chi connectivity index (χ1v) is 11.0. The SMILES string of the molecule is CN=C(NCCc1ccc(Cl)s1)N1CC2OCCN(Cc3ccccc3)C2C1.I. The van der Waals surface area contributed by atoms with Crippen LogP contribution in [0.4, 0.5) is 0 Å². The molecule has 8 heteroatoms. The second-order valence-electron chi connectivity index (χ2n) is 7.27. The van der Waals surface area contributed by atoms with Crippen molar-refractivity contribution in [1.82, 2.24) is 15.1 Å². The number of rotatable bonds is 5. The Morgan fingerprint density at radius 3 is 2.79 bits per heavy atom. The maximum Gasteiger partial charge on any atom is 0.193 e. The molecule has 1 aromatic heterocycles. The molecule has 1 N–H and O–H groups in total. The third-order valence-corrected chi connectivity index (χ3v) is 6.73. The van der Waals surface area contributed by atoms with Gasteiger partial charge in [-0.2, -0.15) is 0 Å².